The summed E-state index contributed by atoms with van der Waals surface area (Å²) >= 11 is 0. The first kappa shape index (κ1) is 13.0. The van der Waals surface area contributed by atoms with Gasteiger partial charge in [0.2, 0.25) is 0 Å². The highest BCUT2D eigenvalue weighted by molar-refractivity contribution is 5.28. The van der Waals surface area contributed by atoms with Gasteiger partial charge in [-0.2, -0.15) is 0 Å². The second-order valence-corrected chi connectivity index (χ2v) is 3.75. The summed E-state index contributed by atoms with van der Waals surface area (Å²) in [6, 6.07) is 8.20. The van der Waals surface area contributed by atoms with Gasteiger partial charge in [0.25, 0.3) is 0 Å². The number of aliphatic hydroxyl groups is 1. The Morgan fingerprint density at radius 1 is 1.38 bits per heavy atom. The molecule has 0 bridgehead atoms. The molecule has 2 N–H and O–H groups in total. The number of nitrogens with one attached hydrogen (secondary N) is 1. The zero-order chi connectivity index (χ0) is 11.8. The molecule has 0 saturated heterocycles. The molecule has 0 aliphatic rings. The van der Waals surface area contributed by atoms with Crippen molar-refractivity contribution in [3.05, 3.63) is 29.8 Å². The Morgan fingerprint density at radius 3 is 2.81 bits per heavy atom. The van der Waals surface area contributed by atoms with Crippen LogP contribution in [-0.4, -0.2) is 24.4 Å². The van der Waals surface area contributed by atoms with Gasteiger partial charge in [0.15, 0.2) is 0 Å². The highest BCUT2D eigenvalue weighted by atomic mass is 16.5. The number of benzene rings is 1. The number of rotatable bonds is 7. The molecule has 0 spiro atoms. The van der Waals surface area contributed by atoms with Gasteiger partial charge in [0.05, 0.1) is 13.2 Å². The molecule has 1 aromatic rings. The summed E-state index contributed by atoms with van der Waals surface area (Å²) in [6.45, 7) is 5.67. The smallest absolute Gasteiger partial charge is 0.119 e. The minimum atomic E-state index is 0.177. The quantitative estimate of drug-likeness (QED) is 0.742. The molecule has 16 heavy (non-hydrogen) atoms. The third-order valence-corrected chi connectivity index (χ3v) is 2.52. The van der Waals surface area contributed by atoms with Crippen LogP contribution in [0.3, 0.4) is 0 Å². The van der Waals surface area contributed by atoms with Gasteiger partial charge >= 0.3 is 0 Å². The summed E-state index contributed by atoms with van der Waals surface area (Å²) in [5, 5.41) is 12.4. The summed E-state index contributed by atoms with van der Waals surface area (Å²) in [6.07, 6.45) is 0.932. The van der Waals surface area contributed by atoms with E-state index in [9.17, 15) is 0 Å². The van der Waals surface area contributed by atoms with Crippen molar-refractivity contribution in [2.24, 2.45) is 0 Å². The van der Waals surface area contributed by atoms with Crippen LogP contribution in [0.1, 0.15) is 25.8 Å². The van der Waals surface area contributed by atoms with Gasteiger partial charge in [-0.3, -0.25) is 0 Å². The molecule has 1 aromatic carbocycles. The van der Waals surface area contributed by atoms with Crippen LogP contribution in [0, 0.1) is 0 Å². The number of aliphatic hydroxyl groups excluding tert-OH is 1. The number of hydrogen-bond acceptors (Lipinski definition) is 3. The van der Waals surface area contributed by atoms with Crippen LogP contribution in [-0.2, 0) is 6.54 Å². The van der Waals surface area contributed by atoms with Crippen molar-refractivity contribution >= 4 is 0 Å². The number of hydrogen-bond donors (Lipinski definition) is 2. The van der Waals surface area contributed by atoms with E-state index < -0.39 is 0 Å². The van der Waals surface area contributed by atoms with E-state index in [0.717, 1.165) is 18.7 Å². The topological polar surface area (TPSA) is 41.5 Å². The zero-order valence-electron chi connectivity index (χ0n) is 10.1. The van der Waals surface area contributed by atoms with E-state index in [1.807, 2.05) is 25.1 Å². The Kier molecular flexibility index (Phi) is 5.90. The molecule has 3 nitrogen and oxygen atoms in total. The summed E-state index contributed by atoms with van der Waals surface area (Å²) in [4.78, 5) is 0. The van der Waals surface area contributed by atoms with Crippen LogP contribution in [0.25, 0.3) is 0 Å². The Morgan fingerprint density at radius 2 is 2.19 bits per heavy atom. The maximum atomic E-state index is 9.06. The van der Waals surface area contributed by atoms with Gasteiger partial charge in [-0.15, -0.1) is 0 Å². The highest BCUT2D eigenvalue weighted by Crippen LogP contribution is 2.13. The molecular weight excluding hydrogens is 202 g/mol. The van der Waals surface area contributed by atoms with E-state index in [2.05, 4.69) is 18.3 Å². The van der Waals surface area contributed by atoms with E-state index in [4.69, 9.17) is 9.84 Å². The third kappa shape index (κ3) is 4.21. The first-order chi connectivity index (χ1) is 7.80. The maximum Gasteiger partial charge on any atom is 0.119 e. The Bertz CT molecular complexity index is 298. The molecule has 1 rings (SSSR count). The van der Waals surface area contributed by atoms with E-state index in [0.29, 0.717) is 6.61 Å². The van der Waals surface area contributed by atoms with Crippen LogP contribution >= 0.6 is 0 Å². The van der Waals surface area contributed by atoms with Gasteiger partial charge < -0.3 is 15.2 Å². The van der Waals surface area contributed by atoms with E-state index >= 15 is 0 Å². The van der Waals surface area contributed by atoms with Crippen molar-refractivity contribution in [3.8, 4) is 5.75 Å². The third-order valence-electron chi connectivity index (χ3n) is 2.52. The normalized spacial score (nSPS) is 12.4. The molecule has 0 aliphatic carbocycles. The SMILES string of the molecule is CCOc1cccc(CN[C@H](CC)CO)c1. The van der Waals surface area contributed by atoms with Crippen molar-refractivity contribution < 1.29 is 9.84 Å². The second-order valence-electron chi connectivity index (χ2n) is 3.75. The van der Waals surface area contributed by atoms with Crippen LogP contribution in [0.4, 0.5) is 0 Å². The van der Waals surface area contributed by atoms with Crippen LogP contribution in [0.2, 0.25) is 0 Å². The zero-order valence-corrected chi connectivity index (χ0v) is 10.1. The largest absolute Gasteiger partial charge is 0.494 e. The van der Waals surface area contributed by atoms with Crippen molar-refractivity contribution in [3.63, 3.8) is 0 Å². The molecule has 0 fully saturated rings. The fourth-order valence-corrected chi connectivity index (χ4v) is 1.51. The summed E-state index contributed by atoms with van der Waals surface area (Å²) in [5.41, 5.74) is 1.18. The lowest BCUT2D eigenvalue weighted by Gasteiger charge is -2.14. The van der Waals surface area contributed by atoms with Gasteiger partial charge in [0, 0.05) is 12.6 Å². The molecule has 90 valence electrons. The fraction of sp³-hybridized carbons (Fsp3) is 0.538. The molecule has 0 amide bonds. The molecule has 0 saturated carbocycles. The molecule has 0 radical (unpaired) electrons. The predicted octanol–water partition coefficient (Wildman–Crippen LogP) is 1.95. The van der Waals surface area contributed by atoms with Crippen molar-refractivity contribution in [2.45, 2.75) is 32.9 Å². The van der Waals surface area contributed by atoms with Crippen molar-refractivity contribution in [1.29, 1.82) is 0 Å². The first-order valence-electron chi connectivity index (χ1n) is 5.86. The average molecular weight is 223 g/mol. The lowest BCUT2D eigenvalue weighted by molar-refractivity contribution is 0.238. The molecule has 1 atom stereocenters. The monoisotopic (exact) mass is 223 g/mol. The molecule has 0 unspecified atom stereocenters. The Balaban J connectivity index is 2.49. The van der Waals surface area contributed by atoms with Crippen molar-refractivity contribution in [1.82, 2.24) is 5.32 Å². The molecule has 0 heterocycles. The molecular formula is C13H21NO2. The fourth-order valence-electron chi connectivity index (χ4n) is 1.51. The lowest BCUT2D eigenvalue weighted by Crippen LogP contribution is -2.31. The number of ether oxygens (including phenoxy) is 1. The minimum Gasteiger partial charge on any atom is -0.494 e. The molecule has 0 aromatic heterocycles. The summed E-state index contributed by atoms with van der Waals surface area (Å²) in [5.74, 6) is 0.902. The van der Waals surface area contributed by atoms with E-state index in [1.54, 1.807) is 0 Å². The van der Waals surface area contributed by atoms with E-state index in [-0.39, 0.29) is 12.6 Å². The van der Waals surface area contributed by atoms with Crippen molar-refractivity contribution in [2.75, 3.05) is 13.2 Å². The summed E-state index contributed by atoms with van der Waals surface area (Å²) in [7, 11) is 0. The van der Waals surface area contributed by atoms with E-state index in [1.165, 1.54) is 5.56 Å². The average Bonchev–Trinajstić information content (AvgIpc) is 2.31. The Hall–Kier alpha value is -1.06. The highest BCUT2D eigenvalue weighted by Gasteiger charge is 2.03. The maximum absolute atomic E-state index is 9.06. The second kappa shape index (κ2) is 7.25. The van der Waals surface area contributed by atoms with Crippen LogP contribution in [0.5, 0.6) is 5.75 Å². The van der Waals surface area contributed by atoms with Gasteiger partial charge in [-0.05, 0) is 31.0 Å². The van der Waals surface area contributed by atoms with Gasteiger partial charge in [-0.25, -0.2) is 0 Å². The standard InChI is InChI=1S/C13H21NO2/c1-3-12(10-15)14-9-11-6-5-7-13(8-11)16-4-2/h5-8,12,14-15H,3-4,9-10H2,1-2H3/t12-/m1/s1. The van der Waals surface area contributed by atoms with Crippen LogP contribution in [0.15, 0.2) is 24.3 Å². The van der Waals surface area contributed by atoms with Gasteiger partial charge in [-0.1, -0.05) is 19.1 Å². The predicted molar refractivity (Wildman–Crippen MR) is 65.6 cm³/mol. The molecule has 3 heteroatoms. The Labute approximate surface area is 97.4 Å². The van der Waals surface area contributed by atoms with Gasteiger partial charge in [0.1, 0.15) is 5.75 Å². The molecule has 0 aliphatic heterocycles. The summed E-state index contributed by atoms with van der Waals surface area (Å²) < 4.78 is 5.43. The first-order valence-corrected chi connectivity index (χ1v) is 5.86. The lowest BCUT2D eigenvalue weighted by atomic mass is 10.2. The minimum absolute atomic E-state index is 0.177. The van der Waals surface area contributed by atoms with Crippen LogP contribution < -0.4 is 10.1 Å².